The maximum Gasteiger partial charge on any atom is 0.266 e. The molecule has 1 amide bonds. The van der Waals surface area contributed by atoms with Gasteiger partial charge in [-0.1, -0.05) is 121 Å². The van der Waals surface area contributed by atoms with Gasteiger partial charge in [-0.2, -0.15) is 0 Å². The standard InChI is InChI=1S/C53H39N3O2/c1-33-41-30-28-37(32-38(41)29-31-44-43-18-9-10-19-45(43)52(57)54(50(33)44)39-14-5-3-6-15-39)35-24-26-36(27-25-35)42-21-13-23-48-49(42)34(2)51-55(40-16-7-4-8-17-40)53(58)46-20-11-12-22-47(46)56(48)51/h3-28,30,32,44H,29,31H2,1-2H3. The Morgan fingerprint density at radius 1 is 0.552 bits per heavy atom. The van der Waals surface area contributed by atoms with E-state index in [9.17, 15) is 9.59 Å². The summed E-state index contributed by atoms with van der Waals surface area (Å²) in [6.07, 6.45) is 1.82. The van der Waals surface area contributed by atoms with E-state index >= 15 is 0 Å². The summed E-state index contributed by atoms with van der Waals surface area (Å²) < 4.78 is 4.12. The van der Waals surface area contributed by atoms with Gasteiger partial charge < -0.3 is 0 Å². The Morgan fingerprint density at radius 2 is 1.19 bits per heavy atom. The number of carbonyl (C=O) groups is 1. The van der Waals surface area contributed by atoms with Crippen LogP contribution in [0.5, 0.6) is 0 Å². The third-order valence-electron chi connectivity index (χ3n) is 12.5. The molecule has 0 bridgehead atoms. The molecule has 278 valence electrons. The van der Waals surface area contributed by atoms with Gasteiger partial charge in [0.15, 0.2) is 0 Å². The number of carbonyl (C=O) groups excluding carboxylic acids is 1. The molecule has 0 spiro atoms. The number of anilines is 1. The first-order valence-electron chi connectivity index (χ1n) is 20.0. The normalized spacial score (nSPS) is 15.1. The number of fused-ring (bicyclic) bond motifs is 9. The molecule has 58 heavy (non-hydrogen) atoms. The van der Waals surface area contributed by atoms with Crippen LogP contribution in [0.4, 0.5) is 5.69 Å². The Kier molecular flexibility index (Phi) is 7.73. The van der Waals surface area contributed by atoms with Crippen molar-refractivity contribution in [2.24, 2.45) is 0 Å². The van der Waals surface area contributed by atoms with Crippen LogP contribution < -0.4 is 10.5 Å². The van der Waals surface area contributed by atoms with Gasteiger partial charge in [-0.05, 0) is 120 Å². The van der Waals surface area contributed by atoms with E-state index in [4.69, 9.17) is 0 Å². The molecule has 2 aromatic heterocycles. The zero-order chi connectivity index (χ0) is 39.1. The molecule has 0 radical (unpaired) electrons. The van der Waals surface area contributed by atoms with Crippen LogP contribution in [0.1, 0.15) is 51.9 Å². The number of rotatable bonds is 4. The minimum absolute atomic E-state index is 0.0242. The van der Waals surface area contributed by atoms with Gasteiger partial charge in [-0.3, -0.25) is 23.5 Å². The van der Waals surface area contributed by atoms with Crippen molar-refractivity contribution >= 4 is 44.6 Å². The number of aromatic nitrogens is 2. The number of hydrogen-bond donors (Lipinski definition) is 0. The predicted octanol–water partition coefficient (Wildman–Crippen LogP) is 12.2. The van der Waals surface area contributed by atoms with Gasteiger partial charge in [0.25, 0.3) is 11.5 Å². The maximum atomic E-state index is 14.2. The highest BCUT2D eigenvalue weighted by Crippen LogP contribution is 2.47. The fourth-order valence-corrected chi connectivity index (χ4v) is 9.86. The van der Waals surface area contributed by atoms with Crippen molar-refractivity contribution in [2.45, 2.75) is 32.6 Å². The number of benzene rings is 7. The lowest BCUT2D eigenvalue weighted by Crippen LogP contribution is -2.38. The Balaban J connectivity index is 1.01. The molecular weight excluding hydrogens is 711 g/mol. The molecule has 11 rings (SSSR count). The summed E-state index contributed by atoms with van der Waals surface area (Å²) in [5.41, 5.74) is 16.9. The van der Waals surface area contributed by atoms with Gasteiger partial charge in [0.1, 0.15) is 5.65 Å². The molecule has 0 N–H and O–H groups in total. The van der Waals surface area contributed by atoms with Crippen molar-refractivity contribution in [1.82, 2.24) is 8.97 Å². The lowest BCUT2D eigenvalue weighted by molar-refractivity contribution is 0.0986. The highest BCUT2D eigenvalue weighted by atomic mass is 16.2. The van der Waals surface area contributed by atoms with Crippen LogP contribution >= 0.6 is 0 Å². The Bertz CT molecular complexity index is 3230. The Labute approximate surface area is 336 Å². The van der Waals surface area contributed by atoms with E-state index in [1.165, 1.54) is 16.7 Å². The summed E-state index contributed by atoms with van der Waals surface area (Å²) in [7, 11) is 0. The third kappa shape index (κ3) is 5.03. The lowest BCUT2D eigenvalue weighted by atomic mass is 9.82. The van der Waals surface area contributed by atoms with Crippen LogP contribution in [0.2, 0.25) is 0 Å². The first kappa shape index (κ1) is 34.0. The van der Waals surface area contributed by atoms with Gasteiger partial charge in [-0.15, -0.1) is 0 Å². The quantitative estimate of drug-likeness (QED) is 0.180. The molecule has 1 unspecified atom stereocenters. The van der Waals surface area contributed by atoms with Crippen LogP contribution in [0, 0.1) is 6.92 Å². The monoisotopic (exact) mass is 749 g/mol. The predicted molar refractivity (Wildman–Crippen MR) is 237 cm³/mol. The number of hydrogen-bond acceptors (Lipinski definition) is 2. The van der Waals surface area contributed by atoms with E-state index < -0.39 is 0 Å². The highest BCUT2D eigenvalue weighted by Gasteiger charge is 2.39. The summed E-state index contributed by atoms with van der Waals surface area (Å²) in [5, 5.41) is 1.82. The van der Waals surface area contributed by atoms with E-state index in [-0.39, 0.29) is 17.4 Å². The average Bonchev–Trinajstić information content (AvgIpc) is 3.49. The molecule has 0 fully saturated rings. The maximum absolute atomic E-state index is 14.2. The SMILES string of the molecule is CC1=C2C(CCc3cc(-c4ccc(-c5cccc6c5c(C)c5n(-c7ccccc7)c(=O)c7ccccc7n65)cc4)ccc31)c1ccccc1C(=O)N2c1ccccc1. The van der Waals surface area contributed by atoms with E-state index in [1.807, 2.05) is 107 Å². The zero-order valence-corrected chi connectivity index (χ0v) is 32.3. The van der Waals surface area contributed by atoms with Crippen molar-refractivity contribution in [2.75, 3.05) is 4.90 Å². The molecule has 1 atom stereocenters. The van der Waals surface area contributed by atoms with Crippen LogP contribution in [0.3, 0.4) is 0 Å². The topological polar surface area (TPSA) is 46.7 Å². The molecule has 9 aromatic rings. The minimum atomic E-state index is -0.0242. The van der Waals surface area contributed by atoms with E-state index in [1.54, 1.807) is 0 Å². The van der Waals surface area contributed by atoms with Gasteiger partial charge in [0.2, 0.25) is 0 Å². The van der Waals surface area contributed by atoms with Crippen molar-refractivity contribution in [3.63, 3.8) is 0 Å². The molecule has 3 heterocycles. The molecular formula is C53H39N3O2. The first-order chi connectivity index (χ1) is 28.5. The molecule has 0 saturated heterocycles. The fourth-order valence-electron chi connectivity index (χ4n) is 9.86. The Morgan fingerprint density at radius 3 is 1.98 bits per heavy atom. The number of amides is 1. The zero-order valence-electron chi connectivity index (χ0n) is 32.3. The van der Waals surface area contributed by atoms with Gasteiger partial charge in [-0.25, -0.2) is 0 Å². The largest absolute Gasteiger partial charge is 0.294 e. The minimum Gasteiger partial charge on any atom is -0.294 e. The van der Waals surface area contributed by atoms with E-state index in [2.05, 4.69) is 91.0 Å². The van der Waals surface area contributed by atoms with Crippen molar-refractivity contribution in [1.29, 1.82) is 0 Å². The molecule has 2 aliphatic rings. The second-order valence-corrected chi connectivity index (χ2v) is 15.6. The number of aryl methyl sites for hydroxylation is 2. The number of nitrogens with zero attached hydrogens (tertiary/aromatic N) is 3. The summed E-state index contributed by atoms with van der Waals surface area (Å²) >= 11 is 0. The van der Waals surface area contributed by atoms with Crippen LogP contribution in [-0.4, -0.2) is 14.9 Å². The lowest BCUT2D eigenvalue weighted by Gasteiger charge is -2.38. The number of para-hydroxylation sites is 3. The number of allylic oxidation sites excluding steroid dienone is 2. The van der Waals surface area contributed by atoms with Gasteiger partial charge in [0.05, 0.1) is 22.1 Å². The molecule has 1 aliphatic heterocycles. The van der Waals surface area contributed by atoms with E-state index in [0.29, 0.717) is 5.39 Å². The summed E-state index contributed by atoms with van der Waals surface area (Å²) in [4.78, 5) is 30.3. The summed E-state index contributed by atoms with van der Waals surface area (Å²) in [6, 6.07) is 58.3. The molecule has 7 aromatic carbocycles. The smallest absolute Gasteiger partial charge is 0.266 e. The van der Waals surface area contributed by atoms with Crippen molar-refractivity contribution in [3.8, 4) is 27.9 Å². The van der Waals surface area contributed by atoms with Crippen molar-refractivity contribution < 1.29 is 4.79 Å². The molecule has 1 aliphatic carbocycles. The fraction of sp³-hybridized carbons (Fsp3) is 0.0943. The van der Waals surface area contributed by atoms with Crippen molar-refractivity contribution in [3.05, 3.63) is 214 Å². The average molecular weight is 750 g/mol. The van der Waals surface area contributed by atoms with Gasteiger partial charge in [0, 0.05) is 33.8 Å². The summed E-state index contributed by atoms with van der Waals surface area (Å²) in [5.74, 6) is 0.146. The summed E-state index contributed by atoms with van der Waals surface area (Å²) in [6.45, 7) is 4.33. The molecule has 5 nitrogen and oxygen atoms in total. The first-order valence-corrected chi connectivity index (χ1v) is 20.0. The third-order valence-corrected chi connectivity index (χ3v) is 12.5. The molecule has 5 heteroatoms. The second kappa shape index (κ2) is 13.2. The van der Waals surface area contributed by atoms with Crippen LogP contribution in [-0.2, 0) is 6.42 Å². The van der Waals surface area contributed by atoms with E-state index in [0.717, 1.165) is 90.9 Å². The molecule has 0 saturated carbocycles. The second-order valence-electron chi connectivity index (χ2n) is 15.6. The van der Waals surface area contributed by atoms with Crippen LogP contribution in [0.15, 0.2) is 180 Å². The Hall–Kier alpha value is -7.24. The van der Waals surface area contributed by atoms with Gasteiger partial charge >= 0.3 is 0 Å². The van der Waals surface area contributed by atoms with Crippen LogP contribution in [0.25, 0.3) is 61.0 Å². The highest BCUT2D eigenvalue weighted by molar-refractivity contribution is 6.13.